The molecule has 1 saturated carbocycles. The van der Waals surface area contributed by atoms with E-state index in [-0.39, 0.29) is 5.41 Å². The number of nitrogens with one attached hydrogen (secondary N) is 2. The van der Waals surface area contributed by atoms with Crippen molar-refractivity contribution in [2.75, 3.05) is 19.6 Å². The van der Waals surface area contributed by atoms with Crippen LogP contribution in [0.25, 0.3) is 0 Å². The summed E-state index contributed by atoms with van der Waals surface area (Å²) >= 11 is 0. The molecule has 18 heavy (non-hydrogen) atoms. The third-order valence-corrected chi connectivity index (χ3v) is 4.96. The van der Waals surface area contributed by atoms with Crippen LogP contribution in [0.4, 0.5) is 0 Å². The maximum atomic E-state index is 12.3. The van der Waals surface area contributed by atoms with E-state index in [4.69, 9.17) is 0 Å². The van der Waals surface area contributed by atoms with Crippen molar-refractivity contribution in [3.8, 4) is 0 Å². The number of hydrogen-bond donors (Lipinski definition) is 2. The molecule has 0 aromatic heterocycles. The van der Waals surface area contributed by atoms with E-state index in [1.165, 1.54) is 32.2 Å². The van der Waals surface area contributed by atoms with Crippen molar-refractivity contribution in [1.82, 2.24) is 10.6 Å². The van der Waals surface area contributed by atoms with E-state index in [0.29, 0.717) is 5.91 Å². The molecule has 3 heteroatoms. The highest BCUT2D eigenvalue weighted by atomic mass is 16.2. The van der Waals surface area contributed by atoms with Crippen LogP contribution < -0.4 is 10.6 Å². The Morgan fingerprint density at radius 1 is 1.33 bits per heavy atom. The van der Waals surface area contributed by atoms with E-state index in [1.807, 2.05) is 0 Å². The molecule has 1 heterocycles. The van der Waals surface area contributed by atoms with Gasteiger partial charge in [-0.25, -0.2) is 0 Å². The SMILES string of the molecule is CCC1(C(=O)NCCC2CCCNC2)CCCC1. The first-order valence-corrected chi connectivity index (χ1v) is 7.76. The van der Waals surface area contributed by atoms with Crippen molar-refractivity contribution in [1.29, 1.82) is 0 Å². The molecule has 0 bridgehead atoms. The largest absolute Gasteiger partial charge is 0.356 e. The highest BCUT2D eigenvalue weighted by Gasteiger charge is 2.38. The van der Waals surface area contributed by atoms with Crippen LogP contribution in [0, 0.1) is 11.3 Å². The third-order valence-electron chi connectivity index (χ3n) is 4.96. The molecule has 3 nitrogen and oxygen atoms in total. The Balaban J connectivity index is 1.70. The maximum Gasteiger partial charge on any atom is 0.226 e. The van der Waals surface area contributed by atoms with Gasteiger partial charge in [0.25, 0.3) is 0 Å². The molecule has 0 aromatic carbocycles. The molecule has 1 aliphatic carbocycles. The average Bonchev–Trinajstić information content (AvgIpc) is 2.90. The summed E-state index contributed by atoms with van der Waals surface area (Å²) in [6.07, 6.45) is 9.41. The molecular weight excluding hydrogens is 224 g/mol. The van der Waals surface area contributed by atoms with Crippen molar-refractivity contribution in [2.24, 2.45) is 11.3 Å². The number of hydrogen-bond acceptors (Lipinski definition) is 2. The number of amides is 1. The van der Waals surface area contributed by atoms with Crippen molar-refractivity contribution < 1.29 is 4.79 Å². The fraction of sp³-hybridized carbons (Fsp3) is 0.933. The van der Waals surface area contributed by atoms with Crippen LogP contribution in [-0.2, 0) is 4.79 Å². The molecule has 2 rings (SSSR count). The average molecular weight is 252 g/mol. The second kappa shape index (κ2) is 6.55. The van der Waals surface area contributed by atoms with Crippen LogP contribution in [0.1, 0.15) is 58.3 Å². The molecule has 0 spiro atoms. The summed E-state index contributed by atoms with van der Waals surface area (Å²) < 4.78 is 0. The van der Waals surface area contributed by atoms with Crippen LogP contribution >= 0.6 is 0 Å². The molecular formula is C15H28N2O. The van der Waals surface area contributed by atoms with E-state index < -0.39 is 0 Å². The van der Waals surface area contributed by atoms with Gasteiger partial charge < -0.3 is 10.6 Å². The molecule has 1 unspecified atom stereocenters. The number of carbonyl (C=O) groups excluding carboxylic acids is 1. The molecule has 1 saturated heterocycles. The van der Waals surface area contributed by atoms with Gasteiger partial charge in [0.15, 0.2) is 0 Å². The summed E-state index contributed by atoms with van der Waals surface area (Å²) in [4.78, 5) is 12.3. The predicted octanol–water partition coefficient (Wildman–Crippen LogP) is 2.46. The standard InChI is InChI=1S/C15H28N2O/c1-2-15(8-3-4-9-15)14(18)17-11-7-13-6-5-10-16-12-13/h13,16H,2-12H2,1H3,(H,17,18). The van der Waals surface area contributed by atoms with Gasteiger partial charge >= 0.3 is 0 Å². The first kappa shape index (κ1) is 13.9. The topological polar surface area (TPSA) is 41.1 Å². The molecule has 104 valence electrons. The molecule has 2 N–H and O–H groups in total. The molecule has 1 atom stereocenters. The Labute approximate surface area is 111 Å². The lowest BCUT2D eigenvalue weighted by Crippen LogP contribution is -2.40. The van der Waals surface area contributed by atoms with Crippen LogP contribution in [0.15, 0.2) is 0 Å². The smallest absolute Gasteiger partial charge is 0.226 e. The van der Waals surface area contributed by atoms with Gasteiger partial charge in [-0.3, -0.25) is 4.79 Å². The summed E-state index contributed by atoms with van der Waals surface area (Å²) in [5, 5.41) is 6.63. The van der Waals surface area contributed by atoms with Crippen molar-refractivity contribution in [3.05, 3.63) is 0 Å². The number of carbonyl (C=O) groups is 1. The summed E-state index contributed by atoms with van der Waals surface area (Å²) in [5.74, 6) is 1.09. The summed E-state index contributed by atoms with van der Waals surface area (Å²) in [6.45, 7) is 5.33. The van der Waals surface area contributed by atoms with Crippen LogP contribution in [0.2, 0.25) is 0 Å². The fourth-order valence-corrected chi connectivity index (χ4v) is 3.54. The van der Waals surface area contributed by atoms with Crippen molar-refractivity contribution >= 4 is 5.91 Å². The van der Waals surface area contributed by atoms with Crippen LogP contribution in [-0.4, -0.2) is 25.5 Å². The molecule has 1 aliphatic heterocycles. The van der Waals surface area contributed by atoms with Crippen LogP contribution in [0.5, 0.6) is 0 Å². The lowest BCUT2D eigenvalue weighted by Gasteiger charge is -2.27. The zero-order valence-electron chi connectivity index (χ0n) is 11.8. The number of rotatable bonds is 5. The third kappa shape index (κ3) is 3.25. The maximum absolute atomic E-state index is 12.3. The van der Waals surface area contributed by atoms with Gasteiger partial charge in [-0.05, 0) is 57.5 Å². The molecule has 1 amide bonds. The zero-order chi connectivity index (χ0) is 12.8. The predicted molar refractivity (Wildman–Crippen MR) is 74.4 cm³/mol. The second-order valence-corrected chi connectivity index (χ2v) is 6.10. The Kier molecular flexibility index (Phi) is 5.04. The minimum atomic E-state index is -0.0230. The molecule has 0 aromatic rings. The zero-order valence-corrected chi connectivity index (χ0v) is 11.8. The Morgan fingerprint density at radius 3 is 2.72 bits per heavy atom. The highest BCUT2D eigenvalue weighted by Crippen LogP contribution is 2.41. The van der Waals surface area contributed by atoms with E-state index >= 15 is 0 Å². The van der Waals surface area contributed by atoms with Crippen molar-refractivity contribution in [3.63, 3.8) is 0 Å². The van der Waals surface area contributed by atoms with Crippen LogP contribution in [0.3, 0.4) is 0 Å². The van der Waals surface area contributed by atoms with E-state index in [2.05, 4.69) is 17.6 Å². The Bertz CT molecular complexity index is 266. The quantitative estimate of drug-likeness (QED) is 0.789. The van der Waals surface area contributed by atoms with E-state index in [1.54, 1.807) is 0 Å². The molecule has 2 fully saturated rings. The normalized spacial score (nSPS) is 27.1. The van der Waals surface area contributed by atoms with E-state index in [9.17, 15) is 4.79 Å². The first-order chi connectivity index (χ1) is 8.77. The first-order valence-electron chi connectivity index (χ1n) is 7.76. The van der Waals surface area contributed by atoms with Gasteiger partial charge in [-0.15, -0.1) is 0 Å². The summed E-state index contributed by atoms with van der Waals surface area (Å²) in [6, 6.07) is 0. The van der Waals surface area contributed by atoms with Gasteiger partial charge in [0.1, 0.15) is 0 Å². The van der Waals surface area contributed by atoms with Gasteiger partial charge in [-0.1, -0.05) is 19.8 Å². The van der Waals surface area contributed by atoms with Gasteiger partial charge in [0.05, 0.1) is 0 Å². The lowest BCUT2D eigenvalue weighted by atomic mass is 9.82. The molecule has 2 aliphatic rings. The summed E-state index contributed by atoms with van der Waals surface area (Å²) in [7, 11) is 0. The summed E-state index contributed by atoms with van der Waals surface area (Å²) in [5.41, 5.74) is -0.0230. The van der Waals surface area contributed by atoms with Gasteiger partial charge in [-0.2, -0.15) is 0 Å². The van der Waals surface area contributed by atoms with Crippen molar-refractivity contribution in [2.45, 2.75) is 58.3 Å². The van der Waals surface area contributed by atoms with E-state index in [0.717, 1.165) is 44.7 Å². The van der Waals surface area contributed by atoms with Gasteiger partial charge in [0.2, 0.25) is 5.91 Å². The van der Waals surface area contributed by atoms with Gasteiger partial charge in [0, 0.05) is 12.0 Å². The monoisotopic (exact) mass is 252 g/mol. The Morgan fingerprint density at radius 2 is 2.11 bits per heavy atom. The minimum absolute atomic E-state index is 0.0230. The Hall–Kier alpha value is -0.570. The second-order valence-electron chi connectivity index (χ2n) is 6.10. The number of piperidine rings is 1. The highest BCUT2D eigenvalue weighted by molar-refractivity contribution is 5.82. The molecule has 0 radical (unpaired) electrons. The fourth-order valence-electron chi connectivity index (χ4n) is 3.54. The lowest BCUT2D eigenvalue weighted by molar-refractivity contribution is -0.131. The minimum Gasteiger partial charge on any atom is -0.356 e.